The first-order valence-electron chi connectivity index (χ1n) is 7.49. The van der Waals surface area contributed by atoms with Gasteiger partial charge in [-0.3, -0.25) is 4.90 Å². The molecule has 1 aliphatic heterocycles. The van der Waals surface area contributed by atoms with Gasteiger partial charge in [-0.05, 0) is 50.0 Å². The molecule has 1 aromatic rings. The van der Waals surface area contributed by atoms with Crippen LogP contribution in [0.15, 0.2) is 24.3 Å². The van der Waals surface area contributed by atoms with E-state index in [9.17, 15) is 4.39 Å². The average Bonchev–Trinajstić information content (AvgIpc) is 2.43. The molecule has 0 aliphatic carbocycles. The summed E-state index contributed by atoms with van der Waals surface area (Å²) in [5, 5.41) is 3.53. The average molecular weight is 264 g/mol. The zero-order chi connectivity index (χ0) is 13.5. The molecule has 2 nitrogen and oxygen atoms in total. The summed E-state index contributed by atoms with van der Waals surface area (Å²) in [6.07, 6.45) is 5.08. The van der Waals surface area contributed by atoms with Crippen molar-refractivity contribution >= 4 is 0 Å². The monoisotopic (exact) mass is 264 g/mol. The van der Waals surface area contributed by atoms with Crippen LogP contribution in [-0.4, -0.2) is 30.6 Å². The number of likely N-dealkylation sites (tertiary alicyclic amines) is 1. The topological polar surface area (TPSA) is 15.3 Å². The first-order chi connectivity index (χ1) is 9.29. The van der Waals surface area contributed by atoms with Gasteiger partial charge in [-0.1, -0.05) is 25.5 Å². The van der Waals surface area contributed by atoms with E-state index >= 15 is 0 Å². The molecule has 1 N–H and O–H groups in total. The van der Waals surface area contributed by atoms with Crippen LogP contribution in [0.4, 0.5) is 4.39 Å². The number of nitrogens with one attached hydrogen (secondary N) is 1. The van der Waals surface area contributed by atoms with Crippen molar-refractivity contribution in [1.82, 2.24) is 10.2 Å². The van der Waals surface area contributed by atoms with Gasteiger partial charge in [0, 0.05) is 19.1 Å². The molecule has 1 aromatic carbocycles. The van der Waals surface area contributed by atoms with Crippen LogP contribution in [0.5, 0.6) is 0 Å². The molecule has 106 valence electrons. The molecule has 1 atom stereocenters. The van der Waals surface area contributed by atoms with Crippen LogP contribution in [-0.2, 0) is 6.54 Å². The molecule has 1 saturated heterocycles. The number of halogens is 1. The second kappa shape index (κ2) is 7.61. The number of hydrogen-bond donors (Lipinski definition) is 1. The SMILES string of the molecule is CCCNCC1CCCCN1Cc1ccc(F)cc1. The Hall–Kier alpha value is -0.930. The Morgan fingerprint density at radius 3 is 2.79 bits per heavy atom. The standard InChI is InChI=1S/C16H25FN2/c1-2-10-18-12-16-5-3-4-11-19(16)13-14-6-8-15(17)9-7-14/h6-9,16,18H,2-5,10-13H2,1H3. The highest BCUT2D eigenvalue weighted by atomic mass is 19.1. The van der Waals surface area contributed by atoms with Gasteiger partial charge >= 0.3 is 0 Å². The molecule has 0 amide bonds. The maximum Gasteiger partial charge on any atom is 0.123 e. The number of nitrogens with zero attached hydrogens (tertiary/aromatic N) is 1. The van der Waals surface area contributed by atoms with E-state index in [0.717, 1.165) is 26.2 Å². The first kappa shape index (κ1) is 14.5. The molecule has 1 fully saturated rings. The minimum absolute atomic E-state index is 0.149. The van der Waals surface area contributed by atoms with Crippen LogP contribution in [0, 0.1) is 5.82 Å². The molecule has 0 bridgehead atoms. The molecule has 2 rings (SSSR count). The van der Waals surface area contributed by atoms with Crippen molar-refractivity contribution < 1.29 is 4.39 Å². The van der Waals surface area contributed by atoms with E-state index in [1.54, 1.807) is 12.1 Å². The third-order valence-electron chi connectivity index (χ3n) is 3.85. The van der Waals surface area contributed by atoms with Gasteiger partial charge in [-0.25, -0.2) is 4.39 Å². The van der Waals surface area contributed by atoms with Gasteiger partial charge < -0.3 is 5.32 Å². The Kier molecular flexibility index (Phi) is 5.80. The maximum atomic E-state index is 12.9. The van der Waals surface area contributed by atoms with Crippen molar-refractivity contribution in [1.29, 1.82) is 0 Å². The van der Waals surface area contributed by atoms with Crippen LogP contribution in [0.2, 0.25) is 0 Å². The van der Waals surface area contributed by atoms with Gasteiger partial charge in [0.05, 0.1) is 0 Å². The molecule has 0 radical (unpaired) electrons. The predicted octanol–water partition coefficient (Wildman–Crippen LogP) is 3.18. The molecule has 1 unspecified atom stereocenters. The van der Waals surface area contributed by atoms with Gasteiger partial charge in [0.1, 0.15) is 5.82 Å². The second-order valence-electron chi connectivity index (χ2n) is 5.45. The highest BCUT2D eigenvalue weighted by molar-refractivity contribution is 5.16. The van der Waals surface area contributed by atoms with Crippen LogP contribution in [0.1, 0.15) is 38.2 Å². The van der Waals surface area contributed by atoms with Crippen molar-refractivity contribution in [2.45, 2.75) is 45.2 Å². The third kappa shape index (κ3) is 4.59. The lowest BCUT2D eigenvalue weighted by molar-refractivity contribution is 0.137. The summed E-state index contributed by atoms with van der Waals surface area (Å²) < 4.78 is 12.9. The molecular weight excluding hydrogens is 239 g/mol. The fourth-order valence-corrected chi connectivity index (χ4v) is 2.77. The first-order valence-corrected chi connectivity index (χ1v) is 7.49. The summed E-state index contributed by atoms with van der Waals surface area (Å²) >= 11 is 0. The Bertz CT molecular complexity index is 364. The van der Waals surface area contributed by atoms with E-state index in [1.807, 2.05) is 12.1 Å². The maximum absolute atomic E-state index is 12.9. The summed E-state index contributed by atoms with van der Waals surface area (Å²) in [5.41, 5.74) is 1.21. The van der Waals surface area contributed by atoms with Gasteiger partial charge in [0.25, 0.3) is 0 Å². The Balaban J connectivity index is 1.89. The molecule has 1 aliphatic rings. The third-order valence-corrected chi connectivity index (χ3v) is 3.85. The Morgan fingerprint density at radius 1 is 1.26 bits per heavy atom. The van der Waals surface area contributed by atoms with Crippen molar-refractivity contribution in [3.8, 4) is 0 Å². The number of benzene rings is 1. The van der Waals surface area contributed by atoms with E-state index in [2.05, 4.69) is 17.1 Å². The van der Waals surface area contributed by atoms with Crippen LogP contribution < -0.4 is 5.32 Å². The zero-order valence-electron chi connectivity index (χ0n) is 11.9. The summed E-state index contributed by atoms with van der Waals surface area (Å²) in [6.45, 7) is 6.48. The van der Waals surface area contributed by atoms with Gasteiger partial charge in [0.2, 0.25) is 0 Å². The summed E-state index contributed by atoms with van der Waals surface area (Å²) in [4.78, 5) is 2.54. The quantitative estimate of drug-likeness (QED) is 0.794. The smallest absolute Gasteiger partial charge is 0.123 e. The normalized spacial score (nSPS) is 20.6. The van der Waals surface area contributed by atoms with Gasteiger partial charge in [-0.2, -0.15) is 0 Å². The Morgan fingerprint density at radius 2 is 2.05 bits per heavy atom. The number of hydrogen-bond acceptors (Lipinski definition) is 2. The zero-order valence-corrected chi connectivity index (χ0v) is 11.9. The molecule has 1 heterocycles. The lowest BCUT2D eigenvalue weighted by atomic mass is 10.0. The van der Waals surface area contributed by atoms with Crippen LogP contribution in [0.3, 0.4) is 0 Å². The fraction of sp³-hybridized carbons (Fsp3) is 0.625. The largest absolute Gasteiger partial charge is 0.315 e. The molecular formula is C16H25FN2. The fourth-order valence-electron chi connectivity index (χ4n) is 2.77. The van der Waals surface area contributed by atoms with E-state index in [0.29, 0.717) is 6.04 Å². The highest BCUT2D eigenvalue weighted by Crippen LogP contribution is 2.19. The number of piperidine rings is 1. The summed E-state index contributed by atoms with van der Waals surface area (Å²) in [6, 6.07) is 7.55. The van der Waals surface area contributed by atoms with E-state index in [1.165, 1.54) is 31.2 Å². The van der Waals surface area contributed by atoms with Crippen molar-refractivity contribution in [3.63, 3.8) is 0 Å². The molecule has 3 heteroatoms. The molecule has 0 spiro atoms. The highest BCUT2D eigenvalue weighted by Gasteiger charge is 2.21. The van der Waals surface area contributed by atoms with Crippen molar-refractivity contribution in [2.75, 3.05) is 19.6 Å². The van der Waals surface area contributed by atoms with Crippen molar-refractivity contribution in [2.24, 2.45) is 0 Å². The van der Waals surface area contributed by atoms with E-state index < -0.39 is 0 Å². The van der Waals surface area contributed by atoms with E-state index in [4.69, 9.17) is 0 Å². The summed E-state index contributed by atoms with van der Waals surface area (Å²) in [7, 11) is 0. The number of rotatable bonds is 6. The molecule has 19 heavy (non-hydrogen) atoms. The van der Waals surface area contributed by atoms with E-state index in [-0.39, 0.29) is 5.82 Å². The van der Waals surface area contributed by atoms with Crippen LogP contribution in [0.25, 0.3) is 0 Å². The molecule has 0 aromatic heterocycles. The lowest BCUT2D eigenvalue weighted by Crippen LogP contribution is -2.45. The predicted molar refractivity (Wildman–Crippen MR) is 77.6 cm³/mol. The second-order valence-corrected chi connectivity index (χ2v) is 5.45. The minimum atomic E-state index is -0.149. The van der Waals surface area contributed by atoms with Gasteiger partial charge in [0.15, 0.2) is 0 Å². The molecule has 0 saturated carbocycles. The Labute approximate surface area is 116 Å². The minimum Gasteiger partial charge on any atom is -0.315 e. The van der Waals surface area contributed by atoms with Crippen molar-refractivity contribution in [3.05, 3.63) is 35.6 Å². The van der Waals surface area contributed by atoms with Gasteiger partial charge in [-0.15, -0.1) is 0 Å². The lowest BCUT2D eigenvalue weighted by Gasteiger charge is -2.36. The summed E-state index contributed by atoms with van der Waals surface area (Å²) in [5.74, 6) is -0.149. The van der Waals surface area contributed by atoms with Crippen LogP contribution >= 0.6 is 0 Å².